The minimum Gasteiger partial charge on any atom is -0.465 e. The highest BCUT2D eigenvalue weighted by Crippen LogP contribution is 1.59. The van der Waals surface area contributed by atoms with Crippen LogP contribution in [0, 0.1) is 0 Å². The lowest BCUT2D eigenvalue weighted by molar-refractivity contribution is 0.195. The molecule has 0 fully saturated rings. The maximum Gasteiger partial charge on any atom is 0.404 e. The van der Waals surface area contributed by atoms with E-state index in [0.717, 1.165) is 0 Å². The summed E-state index contributed by atoms with van der Waals surface area (Å²) in [6.07, 6.45) is 0.466. The van der Waals surface area contributed by atoms with Crippen LogP contribution in [0.3, 0.4) is 0 Å². The molecule has 3 nitrogen and oxygen atoms in total. The third-order valence-corrected chi connectivity index (χ3v) is 0.398. The van der Waals surface area contributed by atoms with Crippen molar-refractivity contribution in [2.75, 3.05) is 6.54 Å². The lowest BCUT2D eigenvalue weighted by Gasteiger charge is -1.88. The molecule has 0 aliphatic rings. The fraction of sp³-hybridized carbons (Fsp3) is 0.250. The molecular formula is C4H8ClNO2. The van der Waals surface area contributed by atoms with Gasteiger partial charge in [-0.1, -0.05) is 6.08 Å². The number of hydrogen-bond acceptors (Lipinski definition) is 1. The van der Waals surface area contributed by atoms with E-state index < -0.39 is 6.09 Å². The maximum absolute atomic E-state index is 9.60. The fourth-order valence-corrected chi connectivity index (χ4v) is 0.159. The molecule has 0 saturated carbocycles. The fourth-order valence-electron chi connectivity index (χ4n) is 0.159. The van der Waals surface area contributed by atoms with Crippen LogP contribution in [-0.4, -0.2) is 17.7 Å². The van der Waals surface area contributed by atoms with Gasteiger partial charge in [0, 0.05) is 6.54 Å². The smallest absolute Gasteiger partial charge is 0.404 e. The van der Waals surface area contributed by atoms with Crippen molar-refractivity contribution in [2.45, 2.75) is 0 Å². The maximum atomic E-state index is 9.60. The van der Waals surface area contributed by atoms with E-state index in [1.165, 1.54) is 6.08 Å². The molecule has 0 bridgehead atoms. The Kier molecular flexibility index (Phi) is 8.12. The van der Waals surface area contributed by atoms with E-state index >= 15 is 0 Å². The molecule has 0 radical (unpaired) electrons. The van der Waals surface area contributed by atoms with Gasteiger partial charge in [-0.25, -0.2) is 4.79 Å². The van der Waals surface area contributed by atoms with E-state index in [1.54, 1.807) is 0 Å². The van der Waals surface area contributed by atoms with Crippen molar-refractivity contribution in [3.8, 4) is 0 Å². The Morgan fingerprint density at radius 1 is 1.88 bits per heavy atom. The number of carboxylic acid groups (broad SMARTS) is 1. The second kappa shape index (κ2) is 6.30. The highest BCUT2D eigenvalue weighted by Gasteiger charge is 1.84. The molecule has 0 saturated heterocycles. The van der Waals surface area contributed by atoms with E-state index in [4.69, 9.17) is 5.11 Å². The van der Waals surface area contributed by atoms with Crippen molar-refractivity contribution >= 4 is 18.5 Å². The number of amides is 1. The van der Waals surface area contributed by atoms with Gasteiger partial charge in [-0.15, -0.1) is 19.0 Å². The van der Waals surface area contributed by atoms with E-state index in [2.05, 4.69) is 11.9 Å². The van der Waals surface area contributed by atoms with Crippen molar-refractivity contribution in [3.63, 3.8) is 0 Å². The van der Waals surface area contributed by atoms with E-state index in [0.29, 0.717) is 6.54 Å². The Bertz CT molecular complexity index is 84.1. The summed E-state index contributed by atoms with van der Waals surface area (Å²) in [6.45, 7) is 3.62. The average Bonchev–Trinajstić information content (AvgIpc) is 1.61. The lowest BCUT2D eigenvalue weighted by atomic mass is 10.6. The van der Waals surface area contributed by atoms with Crippen LogP contribution in [0.5, 0.6) is 0 Å². The van der Waals surface area contributed by atoms with E-state index in [9.17, 15) is 4.79 Å². The minimum atomic E-state index is -1.01. The van der Waals surface area contributed by atoms with Crippen LogP contribution in [-0.2, 0) is 0 Å². The van der Waals surface area contributed by atoms with Gasteiger partial charge in [-0.05, 0) is 0 Å². The van der Waals surface area contributed by atoms with Gasteiger partial charge in [0.25, 0.3) is 0 Å². The Balaban J connectivity index is 0. The molecule has 0 aliphatic carbocycles. The van der Waals surface area contributed by atoms with Crippen LogP contribution in [0.15, 0.2) is 12.7 Å². The summed E-state index contributed by atoms with van der Waals surface area (Å²) < 4.78 is 0. The topological polar surface area (TPSA) is 49.3 Å². The molecule has 0 rings (SSSR count). The first-order valence-corrected chi connectivity index (χ1v) is 1.85. The Labute approximate surface area is 53.8 Å². The van der Waals surface area contributed by atoms with Gasteiger partial charge in [-0.3, -0.25) is 0 Å². The van der Waals surface area contributed by atoms with Gasteiger partial charge in [0.15, 0.2) is 0 Å². The summed E-state index contributed by atoms with van der Waals surface area (Å²) in [6, 6.07) is 0. The Hall–Kier alpha value is -0.700. The summed E-state index contributed by atoms with van der Waals surface area (Å²) in [5, 5.41) is 9.98. The highest BCUT2D eigenvalue weighted by molar-refractivity contribution is 5.85. The molecule has 0 unspecified atom stereocenters. The molecule has 0 aromatic heterocycles. The summed E-state index contributed by atoms with van der Waals surface area (Å²) in [5.41, 5.74) is 0. The second-order valence-corrected chi connectivity index (χ2v) is 0.975. The summed E-state index contributed by atoms with van der Waals surface area (Å²) in [4.78, 5) is 9.60. The number of rotatable bonds is 2. The van der Waals surface area contributed by atoms with Gasteiger partial charge >= 0.3 is 6.09 Å². The zero-order chi connectivity index (χ0) is 5.70. The zero-order valence-electron chi connectivity index (χ0n) is 4.26. The molecule has 1 amide bonds. The molecule has 0 atom stereocenters. The molecular weight excluding hydrogens is 130 g/mol. The SMILES string of the molecule is C=CCNC(=O)O.Cl. The molecule has 0 aromatic rings. The number of hydrogen-bond donors (Lipinski definition) is 2. The third kappa shape index (κ3) is 9.00. The molecule has 8 heavy (non-hydrogen) atoms. The van der Waals surface area contributed by atoms with Crippen molar-refractivity contribution < 1.29 is 9.90 Å². The molecule has 0 aromatic carbocycles. The number of halogens is 1. The van der Waals surface area contributed by atoms with Crippen LogP contribution in [0.2, 0.25) is 0 Å². The zero-order valence-corrected chi connectivity index (χ0v) is 5.07. The highest BCUT2D eigenvalue weighted by atomic mass is 35.5. The van der Waals surface area contributed by atoms with Gasteiger partial charge in [0.2, 0.25) is 0 Å². The van der Waals surface area contributed by atoms with Gasteiger partial charge < -0.3 is 10.4 Å². The number of nitrogens with one attached hydrogen (secondary N) is 1. The van der Waals surface area contributed by atoms with Crippen LogP contribution in [0.4, 0.5) is 4.79 Å². The first-order valence-electron chi connectivity index (χ1n) is 1.85. The standard InChI is InChI=1S/C4H7NO2.ClH/c1-2-3-5-4(6)7;/h2,5H,1,3H2,(H,6,7);1H. The van der Waals surface area contributed by atoms with Crippen molar-refractivity contribution in [3.05, 3.63) is 12.7 Å². The van der Waals surface area contributed by atoms with Crippen LogP contribution in [0.1, 0.15) is 0 Å². The molecule has 2 N–H and O–H groups in total. The van der Waals surface area contributed by atoms with Gasteiger partial charge in [0.1, 0.15) is 0 Å². The monoisotopic (exact) mass is 137 g/mol. The average molecular weight is 138 g/mol. The first kappa shape index (κ1) is 10.3. The van der Waals surface area contributed by atoms with Crippen LogP contribution in [0.25, 0.3) is 0 Å². The van der Waals surface area contributed by atoms with Crippen molar-refractivity contribution in [1.29, 1.82) is 0 Å². The van der Waals surface area contributed by atoms with E-state index in [-0.39, 0.29) is 12.4 Å². The second-order valence-electron chi connectivity index (χ2n) is 0.975. The molecule has 0 heterocycles. The Morgan fingerprint density at radius 2 is 2.38 bits per heavy atom. The summed E-state index contributed by atoms with van der Waals surface area (Å²) in [7, 11) is 0. The molecule has 0 aliphatic heterocycles. The lowest BCUT2D eigenvalue weighted by Crippen LogP contribution is -2.19. The minimum absolute atomic E-state index is 0. The van der Waals surface area contributed by atoms with Gasteiger partial charge in [-0.2, -0.15) is 0 Å². The molecule has 48 valence electrons. The quantitative estimate of drug-likeness (QED) is 0.555. The van der Waals surface area contributed by atoms with Crippen LogP contribution >= 0.6 is 12.4 Å². The summed E-state index contributed by atoms with van der Waals surface area (Å²) >= 11 is 0. The molecule has 4 heteroatoms. The first-order chi connectivity index (χ1) is 3.27. The number of carbonyl (C=O) groups is 1. The van der Waals surface area contributed by atoms with E-state index in [1.807, 2.05) is 0 Å². The normalized spacial score (nSPS) is 6.50. The van der Waals surface area contributed by atoms with Crippen molar-refractivity contribution in [2.24, 2.45) is 0 Å². The third-order valence-electron chi connectivity index (χ3n) is 0.398. The summed E-state index contributed by atoms with van der Waals surface area (Å²) in [5.74, 6) is 0. The predicted octanol–water partition coefficient (Wildman–Crippen LogP) is 0.862. The predicted molar refractivity (Wildman–Crippen MR) is 33.5 cm³/mol. The van der Waals surface area contributed by atoms with Crippen LogP contribution < -0.4 is 5.32 Å². The molecule has 0 spiro atoms. The Morgan fingerprint density at radius 3 is 2.50 bits per heavy atom. The van der Waals surface area contributed by atoms with Gasteiger partial charge in [0.05, 0.1) is 0 Å². The van der Waals surface area contributed by atoms with Crippen molar-refractivity contribution in [1.82, 2.24) is 5.32 Å². The largest absolute Gasteiger partial charge is 0.465 e.